The largest absolute Gasteiger partial charge is 0.456 e. The molecule has 3 aromatic carbocycles. The van der Waals surface area contributed by atoms with Crippen molar-refractivity contribution in [3.8, 4) is 0 Å². The lowest BCUT2D eigenvalue weighted by molar-refractivity contribution is 0.663. The number of para-hydroxylation sites is 1. The van der Waals surface area contributed by atoms with Crippen LogP contribution in [0.1, 0.15) is 0 Å². The molecule has 0 saturated heterocycles. The van der Waals surface area contributed by atoms with Crippen molar-refractivity contribution >= 4 is 55.5 Å². The summed E-state index contributed by atoms with van der Waals surface area (Å²) in [5.74, 6) is 0. The summed E-state index contributed by atoms with van der Waals surface area (Å²) in [5, 5.41) is 4.76. The van der Waals surface area contributed by atoms with Crippen molar-refractivity contribution in [1.82, 2.24) is 0 Å². The van der Waals surface area contributed by atoms with E-state index in [2.05, 4.69) is 6.07 Å². The van der Waals surface area contributed by atoms with Gasteiger partial charge >= 0.3 is 0 Å². The van der Waals surface area contributed by atoms with Gasteiger partial charge in [-0.05, 0) is 30.3 Å². The van der Waals surface area contributed by atoms with Crippen LogP contribution in [0.4, 0.5) is 0 Å². The number of fused-ring (bicyclic) bond motifs is 7. The molecule has 2 heterocycles. The Morgan fingerprint density at radius 2 is 1.43 bits per heavy atom. The number of furan rings is 2. The van der Waals surface area contributed by atoms with Crippen molar-refractivity contribution in [1.29, 1.82) is 0 Å². The van der Waals surface area contributed by atoms with Crippen LogP contribution < -0.4 is 0 Å². The van der Waals surface area contributed by atoms with Gasteiger partial charge in [-0.25, -0.2) is 0 Å². The molecule has 0 amide bonds. The minimum Gasteiger partial charge on any atom is -0.456 e. The van der Waals surface area contributed by atoms with Gasteiger partial charge in [0.2, 0.25) is 0 Å². The van der Waals surface area contributed by atoms with Crippen molar-refractivity contribution in [3.05, 3.63) is 59.6 Å². The summed E-state index contributed by atoms with van der Waals surface area (Å²) in [6, 6.07) is 17.7. The van der Waals surface area contributed by atoms with E-state index < -0.39 is 0 Å². The predicted molar refractivity (Wildman–Crippen MR) is 86.0 cm³/mol. The molecule has 21 heavy (non-hydrogen) atoms. The molecular formula is C18H9ClO2. The van der Waals surface area contributed by atoms with E-state index in [9.17, 15) is 0 Å². The quantitative estimate of drug-likeness (QED) is 0.343. The van der Waals surface area contributed by atoms with Crippen LogP contribution in [0, 0.1) is 0 Å². The number of rotatable bonds is 0. The Hall–Kier alpha value is -2.45. The Morgan fingerprint density at radius 3 is 2.38 bits per heavy atom. The molecule has 0 atom stereocenters. The van der Waals surface area contributed by atoms with Gasteiger partial charge in [0.15, 0.2) is 0 Å². The van der Waals surface area contributed by atoms with E-state index >= 15 is 0 Å². The van der Waals surface area contributed by atoms with Crippen LogP contribution >= 0.6 is 11.6 Å². The lowest BCUT2D eigenvalue weighted by atomic mass is 10.1. The van der Waals surface area contributed by atoms with Gasteiger partial charge in [-0.15, -0.1) is 0 Å². The molecule has 0 unspecified atom stereocenters. The molecule has 2 aromatic heterocycles. The molecule has 0 aliphatic heterocycles. The zero-order valence-corrected chi connectivity index (χ0v) is 11.6. The van der Waals surface area contributed by atoms with Gasteiger partial charge in [-0.1, -0.05) is 35.9 Å². The van der Waals surface area contributed by atoms with E-state index in [1.165, 1.54) is 0 Å². The second kappa shape index (κ2) is 3.80. The molecule has 5 rings (SSSR count). The first-order valence-corrected chi connectivity index (χ1v) is 7.12. The highest BCUT2D eigenvalue weighted by Gasteiger charge is 2.16. The van der Waals surface area contributed by atoms with Crippen LogP contribution in [0.5, 0.6) is 0 Å². The number of halogens is 1. The molecule has 5 aromatic rings. The summed E-state index contributed by atoms with van der Waals surface area (Å²) < 4.78 is 12.0. The van der Waals surface area contributed by atoms with Crippen molar-refractivity contribution < 1.29 is 8.83 Å². The Balaban J connectivity index is 2.14. The zero-order chi connectivity index (χ0) is 14.0. The molecule has 0 N–H and O–H groups in total. The smallest absolute Gasteiger partial charge is 0.147 e. The van der Waals surface area contributed by atoms with Crippen molar-refractivity contribution in [3.63, 3.8) is 0 Å². The van der Waals surface area contributed by atoms with Crippen LogP contribution in [0.2, 0.25) is 5.02 Å². The van der Waals surface area contributed by atoms with Gasteiger partial charge in [0.25, 0.3) is 0 Å². The molecule has 0 spiro atoms. The van der Waals surface area contributed by atoms with Crippen LogP contribution in [0.25, 0.3) is 43.9 Å². The topological polar surface area (TPSA) is 26.3 Å². The Labute approximate surface area is 124 Å². The van der Waals surface area contributed by atoms with Crippen LogP contribution in [-0.4, -0.2) is 0 Å². The summed E-state index contributed by atoms with van der Waals surface area (Å²) in [7, 11) is 0. The molecule has 100 valence electrons. The third-order valence-corrected chi connectivity index (χ3v) is 4.27. The fraction of sp³-hybridized carbons (Fsp3) is 0. The third-order valence-electron chi connectivity index (χ3n) is 3.95. The summed E-state index contributed by atoms with van der Waals surface area (Å²) in [5.41, 5.74) is 3.33. The first-order chi connectivity index (χ1) is 10.3. The van der Waals surface area contributed by atoms with E-state index in [-0.39, 0.29) is 0 Å². The number of hydrogen-bond donors (Lipinski definition) is 0. The molecule has 0 aliphatic carbocycles. The van der Waals surface area contributed by atoms with E-state index in [0.29, 0.717) is 5.02 Å². The molecule has 0 saturated carbocycles. The Bertz CT molecular complexity index is 1150. The molecular weight excluding hydrogens is 284 g/mol. The summed E-state index contributed by atoms with van der Waals surface area (Å²) in [6.45, 7) is 0. The predicted octanol–water partition coefficient (Wildman–Crippen LogP) is 6.14. The standard InChI is InChI=1S/C18H9ClO2/c19-12-5-3-7-14-16(12)11-8-9-15-17(18(11)21-14)10-4-1-2-6-13(10)20-15/h1-9H. The van der Waals surface area contributed by atoms with Gasteiger partial charge in [-0.2, -0.15) is 0 Å². The van der Waals surface area contributed by atoms with Gasteiger partial charge in [0.1, 0.15) is 22.3 Å². The van der Waals surface area contributed by atoms with E-state index in [4.69, 9.17) is 20.4 Å². The van der Waals surface area contributed by atoms with Gasteiger partial charge in [0.05, 0.1) is 10.4 Å². The zero-order valence-electron chi connectivity index (χ0n) is 10.9. The minimum absolute atomic E-state index is 0.707. The second-order valence-electron chi connectivity index (χ2n) is 5.13. The highest BCUT2D eigenvalue weighted by atomic mass is 35.5. The maximum Gasteiger partial charge on any atom is 0.147 e. The van der Waals surface area contributed by atoms with Crippen LogP contribution in [-0.2, 0) is 0 Å². The molecule has 0 aliphatic rings. The molecule has 2 nitrogen and oxygen atoms in total. The van der Waals surface area contributed by atoms with Crippen molar-refractivity contribution in [2.45, 2.75) is 0 Å². The maximum absolute atomic E-state index is 6.34. The first-order valence-electron chi connectivity index (χ1n) is 6.74. The first kappa shape index (κ1) is 11.2. The second-order valence-corrected chi connectivity index (χ2v) is 5.54. The normalized spacial score (nSPS) is 12.0. The fourth-order valence-corrected chi connectivity index (χ4v) is 3.32. The number of benzene rings is 3. The summed E-state index contributed by atoms with van der Waals surface area (Å²) in [4.78, 5) is 0. The average Bonchev–Trinajstić information content (AvgIpc) is 3.05. The molecule has 0 radical (unpaired) electrons. The maximum atomic E-state index is 6.34. The van der Waals surface area contributed by atoms with Crippen molar-refractivity contribution in [2.24, 2.45) is 0 Å². The summed E-state index contributed by atoms with van der Waals surface area (Å²) >= 11 is 6.34. The van der Waals surface area contributed by atoms with Crippen LogP contribution in [0.3, 0.4) is 0 Å². The fourth-order valence-electron chi connectivity index (χ4n) is 3.05. The highest BCUT2D eigenvalue weighted by Crippen LogP contribution is 2.40. The lowest BCUT2D eigenvalue weighted by Crippen LogP contribution is -1.70. The lowest BCUT2D eigenvalue weighted by Gasteiger charge is -1.93. The van der Waals surface area contributed by atoms with Gasteiger partial charge in [-0.3, -0.25) is 0 Å². The molecule has 3 heteroatoms. The average molecular weight is 293 g/mol. The Morgan fingerprint density at radius 1 is 0.619 bits per heavy atom. The van der Waals surface area contributed by atoms with Gasteiger partial charge < -0.3 is 8.83 Å². The highest BCUT2D eigenvalue weighted by molar-refractivity contribution is 6.38. The minimum atomic E-state index is 0.707. The van der Waals surface area contributed by atoms with E-state index in [1.54, 1.807) is 0 Å². The summed E-state index contributed by atoms with van der Waals surface area (Å²) in [6.07, 6.45) is 0. The van der Waals surface area contributed by atoms with E-state index in [1.807, 2.05) is 48.5 Å². The van der Waals surface area contributed by atoms with E-state index in [0.717, 1.165) is 43.9 Å². The van der Waals surface area contributed by atoms with Crippen LogP contribution in [0.15, 0.2) is 63.4 Å². The van der Waals surface area contributed by atoms with Crippen molar-refractivity contribution in [2.75, 3.05) is 0 Å². The van der Waals surface area contributed by atoms with Gasteiger partial charge in [0, 0.05) is 16.2 Å². The molecule has 0 bridgehead atoms. The SMILES string of the molecule is Clc1cccc2oc3c(ccc4oc5ccccc5c43)c12. The third kappa shape index (κ3) is 1.38. The monoisotopic (exact) mass is 292 g/mol. The number of hydrogen-bond acceptors (Lipinski definition) is 2. The molecule has 0 fully saturated rings. The Kier molecular flexibility index (Phi) is 2.04.